The average Bonchev–Trinajstić information content (AvgIpc) is 3.40. The fraction of sp³-hybridized carbons (Fsp3) is 0.815. The molecule has 9 nitrogen and oxygen atoms in total. The van der Waals surface area contributed by atoms with Crippen LogP contribution in [0.5, 0.6) is 0 Å². The van der Waals surface area contributed by atoms with Gasteiger partial charge in [-0.3, -0.25) is 18.6 Å². The second-order valence-electron chi connectivity index (χ2n) is 21.3. The molecular weight excluding hydrogens is 954 g/mol. The van der Waals surface area contributed by atoms with Gasteiger partial charge < -0.3 is 20.1 Å². The molecule has 0 aromatic carbocycles. The molecule has 75 heavy (non-hydrogen) atoms. The molecule has 0 bridgehead atoms. The lowest BCUT2D eigenvalue weighted by Crippen LogP contribution is -2.29. The predicted octanol–water partition coefficient (Wildman–Crippen LogP) is 20.3. The Kier molecular flexibility index (Phi) is 59.1. The maximum Gasteiger partial charge on any atom is 0.472 e. The molecule has 0 aromatic heterocycles. The van der Waals surface area contributed by atoms with Gasteiger partial charge in [-0.1, -0.05) is 274 Å². The highest BCUT2D eigenvalue weighted by Gasteiger charge is 2.26. The van der Waals surface area contributed by atoms with Crippen molar-refractivity contribution in [3.63, 3.8) is 0 Å². The van der Waals surface area contributed by atoms with Gasteiger partial charge in [0.15, 0.2) is 6.10 Å². The van der Waals surface area contributed by atoms with Crippen LogP contribution in [0.1, 0.15) is 309 Å². The van der Waals surface area contributed by atoms with Crippen LogP contribution in [0.15, 0.2) is 60.8 Å². The number of hydrogen-bond donors (Lipinski definition) is 2. The Morgan fingerprint density at radius 3 is 1.03 bits per heavy atom. The number of allylic oxidation sites excluding steroid dienone is 10. The van der Waals surface area contributed by atoms with Crippen molar-refractivity contribution in [2.45, 2.75) is 315 Å². The van der Waals surface area contributed by atoms with Crippen molar-refractivity contribution in [1.29, 1.82) is 0 Å². The van der Waals surface area contributed by atoms with Gasteiger partial charge in [-0.25, -0.2) is 4.57 Å². The van der Waals surface area contributed by atoms with Crippen LogP contribution in [0.3, 0.4) is 0 Å². The Bertz CT molecular complexity index is 1410. The molecule has 2 unspecified atom stereocenters. The lowest BCUT2D eigenvalue weighted by atomic mass is 10.0. The molecule has 0 amide bonds. The number of hydrogen-bond acceptors (Lipinski definition) is 8. The zero-order chi connectivity index (χ0) is 54.5. The number of rotatable bonds is 60. The van der Waals surface area contributed by atoms with Crippen LogP contribution in [-0.4, -0.2) is 49.3 Å². The number of phosphoric acid groups is 1. The molecule has 0 aromatic rings. The van der Waals surface area contributed by atoms with E-state index in [-0.39, 0.29) is 38.6 Å². The molecule has 0 radical (unpaired) electrons. The number of ether oxygens (including phenoxy) is 2. The van der Waals surface area contributed by atoms with E-state index in [2.05, 4.69) is 74.6 Å². The van der Waals surface area contributed by atoms with Crippen molar-refractivity contribution in [3.05, 3.63) is 60.8 Å². The molecule has 0 aliphatic heterocycles. The van der Waals surface area contributed by atoms with Crippen LogP contribution in [0.25, 0.3) is 0 Å². The first kappa shape index (κ1) is 72.7. The number of esters is 2. The van der Waals surface area contributed by atoms with Gasteiger partial charge in [0.05, 0.1) is 13.2 Å². The summed E-state index contributed by atoms with van der Waals surface area (Å²) in [4.78, 5) is 35.3. The first-order valence-electron chi connectivity index (χ1n) is 31.8. The van der Waals surface area contributed by atoms with Gasteiger partial charge in [0, 0.05) is 19.4 Å². The van der Waals surface area contributed by atoms with Crippen molar-refractivity contribution in [2.75, 3.05) is 26.4 Å². The SMILES string of the molecule is CCCCCCC/C=C\C/C=C\C/C=C\CCCCCCCCCCCCCCCCCCC(=O)OC(COC(=O)CCCCCCCCCCCCC/C=C\C/C=C\CCCCCCC)COP(=O)(O)OCCN. The minimum absolute atomic E-state index is 0.0527. The van der Waals surface area contributed by atoms with Gasteiger partial charge in [-0.05, 0) is 83.5 Å². The van der Waals surface area contributed by atoms with Crippen molar-refractivity contribution < 1.29 is 37.6 Å². The zero-order valence-corrected chi connectivity index (χ0v) is 49.9. The van der Waals surface area contributed by atoms with E-state index in [1.54, 1.807) is 0 Å². The second kappa shape index (κ2) is 60.9. The van der Waals surface area contributed by atoms with Crippen LogP contribution in [-0.2, 0) is 32.7 Å². The topological polar surface area (TPSA) is 134 Å². The fourth-order valence-electron chi connectivity index (χ4n) is 9.15. The average molecular weight is 1070 g/mol. The molecule has 0 spiro atoms. The zero-order valence-electron chi connectivity index (χ0n) is 49.0. The highest BCUT2D eigenvalue weighted by molar-refractivity contribution is 7.47. The molecule has 0 fully saturated rings. The largest absolute Gasteiger partial charge is 0.472 e. The monoisotopic (exact) mass is 1070 g/mol. The normalized spacial score (nSPS) is 13.4. The number of carbonyl (C=O) groups excluding carboxylic acids is 2. The Labute approximate surface area is 463 Å². The minimum Gasteiger partial charge on any atom is -0.462 e. The summed E-state index contributed by atoms with van der Waals surface area (Å²) in [6, 6.07) is 0. The molecule has 3 N–H and O–H groups in total. The van der Waals surface area contributed by atoms with Gasteiger partial charge >= 0.3 is 19.8 Å². The number of unbranched alkanes of at least 4 members (excludes halogenated alkanes) is 37. The molecule has 10 heteroatoms. The van der Waals surface area contributed by atoms with Crippen molar-refractivity contribution in [1.82, 2.24) is 0 Å². The second-order valence-corrected chi connectivity index (χ2v) is 22.7. The summed E-state index contributed by atoms with van der Waals surface area (Å²) in [5.41, 5.74) is 5.39. The predicted molar refractivity (Wildman–Crippen MR) is 321 cm³/mol. The summed E-state index contributed by atoms with van der Waals surface area (Å²) in [7, 11) is -4.39. The molecule has 0 saturated heterocycles. The van der Waals surface area contributed by atoms with E-state index in [0.717, 1.165) is 57.8 Å². The van der Waals surface area contributed by atoms with Crippen LogP contribution < -0.4 is 5.73 Å². The first-order valence-corrected chi connectivity index (χ1v) is 33.3. The summed E-state index contributed by atoms with van der Waals surface area (Å²) in [6.07, 6.45) is 77.2. The third-order valence-corrected chi connectivity index (χ3v) is 14.9. The van der Waals surface area contributed by atoms with Crippen molar-refractivity contribution in [3.8, 4) is 0 Å². The van der Waals surface area contributed by atoms with Gasteiger partial charge in [-0.2, -0.15) is 0 Å². The summed E-state index contributed by atoms with van der Waals surface area (Å²) < 4.78 is 33.1. The van der Waals surface area contributed by atoms with E-state index in [4.69, 9.17) is 24.3 Å². The smallest absolute Gasteiger partial charge is 0.462 e. The molecule has 0 heterocycles. The molecular formula is C65H120NO8P. The highest BCUT2D eigenvalue weighted by Crippen LogP contribution is 2.43. The van der Waals surface area contributed by atoms with Crippen LogP contribution in [0.2, 0.25) is 0 Å². The number of nitrogens with two attached hydrogens (primary N) is 1. The van der Waals surface area contributed by atoms with Crippen LogP contribution in [0.4, 0.5) is 0 Å². The van der Waals surface area contributed by atoms with Gasteiger partial charge in [-0.15, -0.1) is 0 Å². The third kappa shape index (κ3) is 60.8. The van der Waals surface area contributed by atoms with Gasteiger partial charge in [0.25, 0.3) is 0 Å². The van der Waals surface area contributed by atoms with E-state index < -0.39 is 26.5 Å². The van der Waals surface area contributed by atoms with Crippen molar-refractivity contribution >= 4 is 19.8 Å². The molecule has 438 valence electrons. The summed E-state index contributed by atoms with van der Waals surface area (Å²) in [6.45, 7) is 3.76. The van der Waals surface area contributed by atoms with Crippen molar-refractivity contribution in [2.24, 2.45) is 5.73 Å². The lowest BCUT2D eigenvalue weighted by molar-refractivity contribution is -0.161. The minimum atomic E-state index is -4.39. The van der Waals surface area contributed by atoms with Gasteiger partial charge in [0.2, 0.25) is 0 Å². The highest BCUT2D eigenvalue weighted by atomic mass is 31.2. The quantitative estimate of drug-likeness (QED) is 0.0264. The van der Waals surface area contributed by atoms with E-state index in [1.807, 2.05) is 0 Å². The molecule has 0 aliphatic rings. The Hall–Kier alpha value is -2.29. The summed E-state index contributed by atoms with van der Waals surface area (Å²) in [5.74, 6) is -0.819. The molecule has 0 saturated carbocycles. The maximum atomic E-state index is 12.7. The number of carbonyl (C=O) groups is 2. The van der Waals surface area contributed by atoms with Gasteiger partial charge in [0.1, 0.15) is 6.61 Å². The Morgan fingerprint density at radius 2 is 0.693 bits per heavy atom. The van der Waals surface area contributed by atoms with E-state index in [0.29, 0.717) is 6.42 Å². The molecule has 0 rings (SSSR count). The molecule has 0 aliphatic carbocycles. The summed E-state index contributed by atoms with van der Waals surface area (Å²) >= 11 is 0. The summed E-state index contributed by atoms with van der Waals surface area (Å²) in [5, 5.41) is 0. The van der Waals surface area contributed by atoms with E-state index in [1.165, 1.54) is 218 Å². The fourth-order valence-corrected chi connectivity index (χ4v) is 9.91. The lowest BCUT2D eigenvalue weighted by Gasteiger charge is -2.19. The van der Waals surface area contributed by atoms with E-state index >= 15 is 0 Å². The standard InChI is InChI=1S/C65H120NO8P/c1-3-5-7-9-11-13-15-17-19-21-23-25-27-28-29-30-31-32-33-34-36-38-40-42-44-46-48-50-52-54-56-58-65(68)74-63(62-73-75(69,70)72-60-59-66)61-71-64(67)57-55-53-51-49-47-45-43-41-39-37-35-26-24-22-20-18-16-14-12-10-8-6-4-2/h15-18,21-24,27-28,63H,3-14,19-20,25-26,29-62,66H2,1-2H3,(H,69,70)/b17-15-,18-16-,23-21-,24-22-,28-27-. The Balaban J connectivity index is 3.91. The van der Waals surface area contributed by atoms with E-state index in [9.17, 15) is 19.0 Å². The maximum absolute atomic E-state index is 12.7. The number of phosphoric ester groups is 1. The van der Waals surface area contributed by atoms with Crippen LogP contribution in [0, 0.1) is 0 Å². The van der Waals surface area contributed by atoms with Crippen LogP contribution >= 0.6 is 7.82 Å². The Morgan fingerprint density at radius 1 is 0.400 bits per heavy atom. The first-order chi connectivity index (χ1) is 36.8. The third-order valence-electron chi connectivity index (χ3n) is 13.9. The molecule has 2 atom stereocenters.